The Labute approximate surface area is 187 Å². The molecule has 3 rings (SSSR count). The Kier molecular flexibility index (Phi) is 7.38. The highest BCUT2D eigenvalue weighted by atomic mass is 35.5. The fourth-order valence-electron chi connectivity index (χ4n) is 3.64. The molecule has 32 heavy (non-hydrogen) atoms. The van der Waals surface area contributed by atoms with E-state index in [1.165, 1.54) is 31.4 Å². The van der Waals surface area contributed by atoms with Crippen molar-refractivity contribution < 1.29 is 37.0 Å². The maximum atomic E-state index is 14.4. The Morgan fingerprint density at radius 3 is 2.31 bits per heavy atom. The number of allylic oxidation sites excluding steroid dienone is 1. The van der Waals surface area contributed by atoms with E-state index in [1.54, 1.807) is 30.3 Å². The van der Waals surface area contributed by atoms with Crippen LogP contribution in [-0.4, -0.2) is 44.0 Å². The lowest BCUT2D eigenvalue weighted by Gasteiger charge is -2.34. The Morgan fingerprint density at radius 2 is 1.72 bits per heavy atom. The zero-order valence-electron chi connectivity index (χ0n) is 17.1. The van der Waals surface area contributed by atoms with Gasteiger partial charge in [-0.15, -0.1) is 0 Å². The average Bonchev–Trinajstić information content (AvgIpc) is 3.14. The molecule has 5 nitrogen and oxygen atoms in total. The molecular formula is C23H20ClF3O5. The SMILES string of the molecule is COCOCC1=C(c2ccc(Cl)cc2)CCC1(OC(=O)C(=O)c1ccccc1)C(F)(F)F. The highest BCUT2D eigenvalue weighted by Gasteiger charge is 2.63. The van der Waals surface area contributed by atoms with Gasteiger partial charge < -0.3 is 14.2 Å². The molecule has 0 aromatic heterocycles. The number of carbonyl (C=O) groups is 2. The van der Waals surface area contributed by atoms with E-state index in [1.807, 2.05) is 0 Å². The summed E-state index contributed by atoms with van der Waals surface area (Å²) in [6, 6.07) is 13.5. The highest BCUT2D eigenvalue weighted by molar-refractivity contribution is 6.40. The second kappa shape index (κ2) is 9.85. The predicted octanol–water partition coefficient (Wildman–Crippen LogP) is 5.24. The number of hydrogen-bond acceptors (Lipinski definition) is 5. The van der Waals surface area contributed by atoms with Gasteiger partial charge in [-0.25, -0.2) is 4.79 Å². The van der Waals surface area contributed by atoms with E-state index in [0.29, 0.717) is 16.2 Å². The zero-order chi connectivity index (χ0) is 23.4. The van der Waals surface area contributed by atoms with Crippen LogP contribution in [0.1, 0.15) is 28.8 Å². The van der Waals surface area contributed by atoms with E-state index in [4.69, 9.17) is 25.8 Å². The largest absolute Gasteiger partial charge is 0.439 e. The smallest absolute Gasteiger partial charge is 0.432 e. The highest BCUT2D eigenvalue weighted by Crippen LogP contribution is 2.52. The molecule has 0 N–H and O–H groups in total. The summed E-state index contributed by atoms with van der Waals surface area (Å²) in [4.78, 5) is 25.0. The lowest BCUT2D eigenvalue weighted by molar-refractivity contribution is -0.255. The normalized spacial score (nSPS) is 18.7. The second-order valence-electron chi connectivity index (χ2n) is 7.13. The van der Waals surface area contributed by atoms with Gasteiger partial charge in [0, 0.05) is 29.7 Å². The number of methoxy groups -OCH3 is 1. The molecular weight excluding hydrogens is 449 g/mol. The average molecular weight is 469 g/mol. The van der Waals surface area contributed by atoms with Crippen molar-refractivity contribution in [3.63, 3.8) is 0 Å². The van der Waals surface area contributed by atoms with E-state index < -0.39 is 36.6 Å². The maximum absolute atomic E-state index is 14.4. The van der Waals surface area contributed by atoms with Crippen molar-refractivity contribution in [2.45, 2.75) is 24.6 Å². The van der Waals surface area contributed by atoms with Gasteiger partial charge in [-0.05, 0) is 29.7 Å². The van der Waals surface area contributed by atoms with Crippen molar-refractivity contribution in [1.82, 2.24) is 0 Å². The summed E-state index contributed by atoms with van der Waals surface area (Å²) in [7, 11) is 1.33. The molecule has 2 aromatic rings. The van der Waals surface area contributed by atoms with Crippen molar-refractivity contribution in [2.75, 3.05) is 20.5 Å². The van der Waals surface area contributed by atoms with Gasteiger partial charge in [0.1, 0.15) is 6.79 Å². The number of hydrogen-bond donors (Lipinski definition) is 0. The Morgan fingerprint density at radius 1 is 1.06 bits per heavy atom. The third-order valence-electron chi connectivity index (χ3n) is 5.17. The van der Waals surface area contributed by atoms with Crippen LogP contribution in [0, 0.1) is 0 Å². The minimum Gasteiger partial charge on any atom is -0.439 e. The molecule has 0 heterocycles. The molecule has 1 aliphatic rings. The molecule has 2 aromatic carbocycles. The molecule has 0 radical (unpaired) electrons. The van der Waals surface area contributed by atoms with Gasteiger partial charge >= 0.3 is 12.1 Å². The number of halogens is 4. The quantitative estimate of drug-likeness (QED) is 0.174. The van der Waals surface area contributed by atoms with E-state index in [0.717, 1.165) is 0 Å². The van der Waals surface area contributed by atoms with Crippen LogP contribution in [0.15, 0.2) is 60.2 Å². The summed E-state index contributed by atoms with van der Waals surface area (Å²) < 4.78 is 58.3. The van der Waals surface area contributed by atoms with Crippen molar-refractivity contribution in [3.8, 4) is 0 Å². The third-order valence-corrected chi connectivity index (χ3v) is 5.42. The molecule has 0 spiro atoms. The summed E-state index contributed by atoms with van der Waals surface area (Å²) in [5.74, 6) is -2.75. The van der Waals surface area contributed by atoms with Gasteiger partial charge in [-0.2, -0.15) is 13.2 Å². The van der Waals surface area contributed by atoms with Gasteiger partial charge in [-0.3, -0.25) is 4.79 Å². The van der Waals surface area contributed by atoms with Crippen LogP contribution >= 0.6 is 11.6 Å². The second-order valence-corrected chi connectivity index (χ2v) is 7.56. The van der Waals surface area contributed by atoms with Gasteiger partial charge in [0.05, 0.1) is 6.61 Å². The van der Waals surface area contributed by atoms with Crippen molar-refractivity contribution in [1.29, 1.82) is 0 Å². The standard InChI is InChI=1S/C23H20ClF3O5/c1-30-14-31-13-19-18(15-7-9-17(24)10-8-15)11-12-22(19,23(25,26)27)32-21(29)20(28)16-5-3-2-4-6-16/h2-10H,11-14H2,1H3. The summed E-state index contributed by atoms with van der Waals surface area (Å²) in [5.41, 5.74) is -2.54. The molecule has 0 saturated heterocycles. The summed E-state index contributed by atoms with van der Waals surface area (Å²) in [5, 5.41) is 0.423. The number of benzene rings is 2. The van der Waals surface area contributed by atoms with Crippen LogP contribution < -0.4 is 0 Å². The van der Waals surface area contributed by atoms with Crippen LogP contribution in [0.3, 0.4) is 0 Å². The number of ketones is 1. The Bertz CT molecular complexity index is 1000. The fourth-order valence-corrected chi connectivity index (χ4v) is 3.77. The lowest BCUT2D eigenvalue weighted by Crippen LogP contribution is -2.51. The molecule has 0 aliphatic heterocycles. The summed E-state index contributed by atoms with van der Waals surface area (Å²) >= 11 is 5.90. The number of esters is 1. The topological polar surface area (TPSA) is 61.8 Å². The van der Waals surface area contributed by atoms with Crippen LogP contribution in [-0.2, 0) is 19.0 Å². The number of alkyl halides is 3. The molecule has 1 aliphatic carbocycles. The van der Waals surface area contributed by atoms with E-state index >= 15 is 0 Å². The first-order chi connectivity index (χ1) is 15.2. The van der Waals surface area contributed by atoms with Crippen molar-refractivity contribution in [3.05, 3.63) is 76.3 Å². The molecule has 0 amide bonds. The van der Waals surface area contributed by atoms with E-state index in [2.05, 4.69) is 0 Å². The van der Waals surface area contributed by atoms with Gasteiger partial charge in [-0.1, -0.05) is 54.1 Å². The van der Waals surface area contributed by atoms with Gasteiger partial charge in [0.25, 0.3) is 5.78 Å². The number of ether oxygens (including phenoxy) is 3. The molecule has 9 heteroatoms. The van der Waals surface area contributed by atoms with Gasteiger partial charge in [0.15, 0.2) is 0 Å². The van der Waals surface area contributed by atoms with Crippen LogP contribution in [0.25, 0.3) is 5.57 Å². The van der Waals surface area contributed by atoms with Crippen LogP contribution in [0.2, 0.25) is 5.02 Å². The first-order valence-corrected chi connectivity index (χ1v) is 10.0. The van der Waals surface area contributed by atoms with E-state index in [9.17, 15) is 22.8 Å². The van der Waals surface area contributed by atoms with Crippen molar-refractivity contribution in [2.24, 2.45) is 0 Å². The monoisotopic (exact) mass is 468 g/mol. The van der Waals surface area contributed by atoms with E-state index in [-0.39, 0.29) is 24.4 Å². The third kappa shape index (κ3) is 4.87. The fraction of sp³-hybridized carbons (Fsp3) is 0.304. The minimum atomic E-state index is -4.99. The van der Waals surface area contributed by atoms with Crippen LogP contribution in [0.4, 0.5) is 13.2 Å². The molecule has 1 atom stereocenters. The Balaban J connectivity index is 2.04. The summed E-state index contributed by atoms with van der Waals surface area (Å²) in [6.45, 7) is -0.764. The number of carbonyl (C=O) groups excluding carboxylic acids is 2. The lowest BCUT2D eigenvalue weighted by atomic mass is 9.92. The molecule has 0 saturated carbocycles. The predicted molar refractivity (Wildman–Crippen MR) is 111 cm³/mol. The summed E-state index contributed by atoms with van der Waals surface area (Å²) in [6.07, 6.45) is -5.60. The first kappa shape index (κ1) is 24.0. The number of rotatable bonds is 8. The zero-order valence-corrected chi connectivity index (χ0v) is 17.8. The van der Waals surface area contributed by atoms with Crippen molar-refractivity contribution >= 4 is 28.9 Å². The van der Waals surface area contributed by atoms with Crippen LogP contribution in [0.5, 0.6) is 0 Å². The molecule has 0 fully saturated rings. The number of Topliss-reactive ketones (excluding diaryl/α,β-unsaturated/α-hetero) is 1. The minimum absolute atomic E-state index is 0.0420. The molecule has 0 bridgehead atoms. The Hall–Kier alpha value is -2.68. The maximum Gasteiger partial charge on any atom is 0.432 e. The van der Waals surface area contributed by atoms with Gasteiger partial charge in [0.2, 0.25) is 5.60 Å². The molecule has 170 valence electrons. The first-order valence-electron chi connectivity index (χ1n) is 9.64. The molecule has 1 unspecified atom stereocenters.